The predicted molar refractivity (Wildman–Crippen MR) is 136 cm³/mol. The van der Waals surface area contributed by atoms with Gasteiger partial charge in [0.15, 0.2) is 5.82 Å². The van der Waals surface area contributed by atoms with E-state index in [2.05, 4.69) is 20.6 Å². The van der Waals surface area contributed by atoms with Gasteiger partial charge in [0.25, 0.3) is 5.91 Å². The fourth-order valence-corrected chi connectivity index (χ4v) is 4.48. The summed E-state index contributed by atoms with van der Waals surface area (Å²) >= 11 is 12.5. The highest BCUT2D eigenvalue weighted by Crippen LogP contribution is 2.38. The molecule has 0 fully saturated rings. The Balaban J connectivity index is 1.63. The second-order valence-corrected chi connectivity index (χ2v) is 8.71. The number of anilines is 2. The zero-order valence-electron chi connectivity index (χ0n) is 18.8. The average Bonchev–Trinajstić information content (AvgIpc) is 3.26. The molecule has 2 N–H and O–H groups in total. The van der Waals surface area contributed by atoms with Crippen molar-refractivity contribution < 1.29 is 9.53 Å². The topological polar surface area (TPSA) is 94.0 Å². The van der Waals surface area contributed by atoms with E-state index in [4.69, 9.17) is 33.0 Å². The van der Waals surface area contributed by atoms with Gasteiger partial charge in [-0.05, 0) is 55.0 Å². The Morgan fingerprint density at radius 1 is 1.14 bits per heavy atom. The largest absolute Gasteiger partial charge is 0.497 e. The highest BCUT2D eigenvalue weighted by molar-refractivity contribution is 6.36. The maximum Gasteiger partial charge on any atom is 0.255 e. The Morgan fingerprint density at radius 3 is 2.74 bits per heavy atom. The first-order chi connectivity index (χ1) is 16.9. The van der Waals surface area contributed by atoms with Crippen molar-refractivity contribution >= 4 is 40.7 Å². The van der Waals surface area contributed by atoms with Gasteiger partial charge >= 0.3 is 0 Å². The number of hydrogen-bond acceptors (Lipinski definition) is 6. The van der Waals surface area contributed by atoms with E-state index >= 15 is 0 Å². The molecular formula is C25H20Cl2N6O2. The number of aromatic nitrogens is 4. The Bertz CT molecular complexity index is 1450. The Hall–Kier alpha value is -3.88. The van der Waals surface area contributed by atoms with E-state index in [1.54, 1.807) is 54.5 Å². The normalized spacial score (nSPS) is 14.8. The van der Waals surface area contributed by atoms with Gasteiger partial charge in [0.05, 0.1) is 29.6 Å². The van der Waals surface area contributed by atoms with Gasteiger partial charge in [-0.2, -0.15) is 4.98 Å². The lowest BCUT2D eigenvalue weighted by Crippen LogP contribution is -2.31. The van der Waals surface area contributed by atoms with Crippen molar-refractivity contribution in [2.24, 2.45) is 0 Å². The average molecular weight is 507 g/mol. The van der Waals surface area contributed by atoms with Crippen LogP contribution in [0.15, 0.2) is 78.3 Å². The Kier molecular flexibility index (Phi) is 6.15. The third-order valence-electron chi connectivity index (χ3n) is 5.60. The molecule has 0 saturated heterocycles. The lowest BCUT2D eigenvalue weighted by atomic mass is 9.95. The second-order valence-electron chi connectivity index (χ2n) is 7.87. The maximum absolute atomic E-state index is 13.5. The van der Waals surface area contributed by atoms with Crippen LogP contribution in [0.2, 0.25) is 10.0 Å². The molecule has 1 aliphatic rings. The molecule has 0 saturated carbocycles. The van der Waals surface area contributed by atoms with Gasteiger partial charge in [-0.3, -0.25) is 9.78 Å². The Labute approximate surface area is 211 Å². The predicted octanol–water partition coefficient (Wildman–Crippen LogP) is 5.58. The second kappa shape index (κ2) is 9.40. The third kappa shape index (κ3) is 4.45. The van der Waals surface area contributed by atoms with E-state index in [1.807, 2.05) is 31.2 Å². The maximum atomic E-state index is 13.5. The first-order valence-corrected chi connectivity index (χ1v) is 11.5. The summed E-state index contributed by atoms with van der Waals surface area (Å²) < 4.78 is 7.12. The van der Waals surface area contributed by atoms with E-state index in [1.165, 1.54) is 0 Å². The molecule has 1 amide bonds. The number of methoxy groups -OCH3 is 1. The van der Waals surface area contributed by atoms with Crippen molar-refractivity contribution in [3.63, 3.8) is 0 Å². The number of hydrogen-bond donors (Lipinski definition) is 2. The number of benzene rings is 2. The molecule has 1 unspecified atom stereocenters. The minimum absolute atomic E-state index is 0.289. The molecule has 1 aliphatic heterocycles. The number of halogens is 2. The monoisotopic (exact) mass is 506 g/mol. The zero-order valence-corrected chi connectivity index (χ0v) is 20.3. The number of nitrogens with zero attached hydrogens (tertiary/aromatic N) is 4. The number of ether oxygens (including phenoxy) is 1. The van der Waals surface area contributed by atoms with Crippen molar-refractivity contribution in [2.75, 3.05) is 17.7 Å². The van der Waals surface area contributed by atoms with Crippen LogP contribution in [0, 0.1) is 0 Å². The quantitative estimate of drug-likeness (QED) is 0.366. The number of carbonyl (C=O) groups excluding carboxylic acids is 1. The van der Waals surface area contributed by atoms with E-state index in [0.29, 0.717) is 50.1 Å². The molecular weight excluding hydrogens is 487 g/mol. The molecule has 2 aromatic carbocycles. The number of pyridine rings is 1. The van der Waals surface area contributed by atoms with Crippen LogP contribution >= 0.6 is 23.2 Å². The van der Waals surface area contributed by atoms with Crippen molar-refractivity contribution in [2.45, 2.75) is 13.0 Å². The van der Waals surface area contributed by atoms with Gasteiger partial charge in [-0.15, -0.1) is 5.10 Å². The van der Waals surface area contributed by atoms with Crippen LogP contribution in [-0.2, 0) is 4.79 Å². The number of amides is 1. The summed E-state index contributed by atoms with van der Waals surface area (Å²) in [5.74, 6) is 1.26. The third-order valence-corrected chi connectivity index (χ3v) is 6.15. The van der Waals surface area contributed by atoms with Crippen molar-refractivity contribution in [1.29, 1.82) is 0 Å². The molecule has 10 heteroatoms. The zero-order chi connectivity index (χ0) is 24.5. The van der Waals surface area contributed by atoms with Gasteiger partial charge in [-0.1, -0.05) is 35.3 Å². The van der Waals surface area contributed by atoms with E-state index in [9.17, 15) is 4.79 Å². The smallest absolute Gasteiger partial charge is 0.255 e. The molecule has 35 heavy (non-hydrogen) atoms. The summed E-state index contributed by atoms with van der Waals surface area (Å²) in [7, 11) is 1.60. The highest BCUT2D eigenvalue weighted by Gasteiger charge is 2.35. The van der Waals surface area contributed by atoms with Crippen LogP contribution < -0.4 is 15.4 Å². The van der Waals surface area contributed by atoms with E-state index in [-0.39, 0.29) is 5.91 Å². The number of carbonyl (C=O) groups is 1. The fraction of sp³-hybridized carbons (Fsp3) is 0.120. The molecule has 3 heterocycles. The van der Waals surface area contributed by atoms with Gasteiger partial charge in [0.1, 0.15) is 11.8 Å². The van der Waals surface area contributed by atoms with Crippen molar-refractivity contribution in [1.82, 2.24) is 19.7 Å². The van der Waals surface area contributed by atoms with Crippen LogP contribution in [0.4, 0.5) is 11.6 Å². The van der Waals surface area contributed by atoms with Crippen LogP contribution in [-0.4, -0.2) is 32.8 Å². The molecule has 0 aliphatic carbocycles. The van der Waals surface area contributed by atoms with Crippen molar-refractivity contribution in [3.8, 4) is 17.1 Å². The summed E-state index contributed by atoms with van der Waals surface area (Å²) in [6, 6.07) is 15.6. The van der Waals surface area contributed by atoms with E-state index in [0.717, 1.165) is 5.56 Å². The molecule has 176 valence electrons. The summed E-state index contributed by atoms with van der Waals surface area (Å²) in [4.78, 5) is 22.3. The summed E-state index contributed by atoms with van der Waals surface area (Å²) in [5.41, 5.74) is 3.14. The molecule has 5 rings (SSSR count). The molecule has 4 aromatic rings. The lowest BCUT2D eigenvalue weighted by molar-refractivity contribution is -0.113. The number of nitrogens with one attached hydrogen (secondary N) is 2. The molecule has 1 atom stereocenters. The summed E-state index contributed by atoms with van der Waals surface area (Å²) in [6.07, 6.45) is 3.23. The van der Waals surface area contributed by atoms with E-state index < -0.39 is 6.04 Å². The number of rotatable bonds is 5. The summed E-state index contributed by atoms with van der Waals surface area (Å²) in [5, 5.41) is 11.8. The summed E-state index contributed by atoms with van der Waals surface area (Å²) in [6.45, 7) is 1.83. The first kappa shape index (κ1) is 22.9. The minimum atomic E-state index is -0.578. The SMILES string of the molecule is COc1cccc(C2C(C(=O)Nc3cccnc3)=C(C)Nc3nc(-c4ccc(Cl)cc4Cl)nn32)c1. The standard InChI is InChI=1S/C25H20Cl2N6O2/c1-14-21(24(34)30-17-6-4-10-28-13-17)22(15-5-3-7-18(11-15)35-2)33-25(29-14)31-23(32-33)19-9-8-16(26)12-20(19)27/h3-13,22H,1-2H3,(H,30,34)(H,29,31,32). The number of allylic oxidation sites excluding steroid dienone is 1. The Morgan fingerprint density at radius 2 is 2.00 bits per heavy atom. The van der Waals surface area contributed by atoms with Gasteiger partial charge in [0.2, 0.25) is 5.95 Å². The lowest BCUT2D eigenvalue weighted by Gasteiger charge is -2.28. The van der Waals surface area contributed by atoms with Crippen molar-refractivity contribution in [3.05, 3.63) is 93.9 Å². The molecule has 0 bridgehead atoms. The van der Waals surface area contributed by atoms with Crippen LogP contribution in [0.3, 0.4) is 0 Å². The van der Waals surface area contributed by atoms with Gasteiger partial charge < -0.3 is 15.4 Å². The minimum Gasteiger partial charge on any atom is -0.497 e. The first-order valence-electron chi connectivity index (χ1n) is 10.7. The molecule has 0 radical (unpaired) electrons. The molecule has 2 aromatic heterocycles. The highest BCUT2D eigenvalue weighted by atomic mass is 35.5. The number of fused-ring (bicyclic) bond motifs is 1. The van der Waals surface area contributed by atoms with Crippen LogP contribution in [0.5, 0.6) is 5.75 Å². The van der Waals surface area contributed by atoms with Gasteiger partial charge in [-0.25, -0.2) is 4.68 Å². The van der Waals surface area contributed by atoms with Crippen LogP contribution in [0.1, 0.15) is 18.5 Å². The van der Waals surface area contributed by atoms with Gasteiger partial charge in [0, 0.05) is 22.5 Å². The fourth-order valence-electron chi connectivity index (χ4n) is 3.98. The van der Waals surface area contributed by atoms with Crippen LogP contribution in [0.25, 0.3) is 11.4 Å². The molecule has 0 spiro atoms. The molecule has 8 nitrogen and oxygen atoms in total.